The monoisotopic (exact) mass is 408 g/mol. The van der Waals surface area contributed by atoms with Crippen LogP contribution in [0.1, 0.15) is 22.3 Å². The van der Waals surface area contributed by atoms with Crippen LogP contribution in [0.15, 0.2) is 97.6 Å². The lowest BCUT2D eigenvalue weighted by Gasteiger charge is -2.14. The third-order valence-electron chi connectivity index (χ3n) is 6.05. The van der Waals surface area contributed by atoms with Crippen molar-refractivity contribution in [3.05, 3.63) is 120 Å². The number of pyridine rings is 2. The summed E-state index contributed by atoms with van der Waals surface area (Å²) in [5, 5.41) is 7.76. The fourth-order valence-corrected chi connectivity index (χ4v) is 4.46. The van der Waals surface area contributed by atoms with Crippen LogP contribution in [0.25, 0.3) is 56.6 Å². The van der Waals surface area contributed by atoms with Gasteiger partial charge in [-0.15, -0.1) is 0 Å². The Labute approximate surface area is 186 Å². The first-order valence-corrected chi connectivity index (χ1v) is 10.7. The molecule has 2 heteroatoms. The van der Waals surface area contributed by atoms with E-state index in [1.807, 2.05) is 49.1 Å². The normalized spacial score (nSPS) is 12.1. The molecule has 0 saturated carbocycles. The number of nitrogens with zero attached hydrogens (tertiary/aromatic N) is 2. The van der Waals surface area contributed by atoms with E-state index in [4.69, 9.17) is 0 Å². The van der Waals surface area contributed by atoms with Gasteiger partial charge in [-0.3, -0.25) is 9.97 Å². The van der Waals surface area contributed by atoms with Crippen LogP contribution >= 0.6 is 0 Å². The molecule has 0 bridgehead atoms. The van der Waals surface area contributed by atoms with Crippen LogP contribution in [0, 0.1) is 0 Å². The second-order valence-corrected chi connectivity index (χ2v) is 7.96. The highest BCUT2D eigenvalue weighted by atomic mass is 14.6. The van der Waals surface area contributed by atoms with Gasteiger partial charge in [0.2, 0.25) is 0 Å². The van der Waals surface area contributed by atoms with Gasteiger partial charge in [-0.2, -0.15) is 0 Å². The molecule has 0 spiro atoms. The molecule has 2 aromatic heterocycles. The Morgan fingerprint density at radius 2 is 0.812 bits per heavy atom. The van der Waals surface area contributed by atoms with Gasteiger partial charge in [0.25, 0.3) is 0 Å². The molecular formula is C30H20N2. The van der Waals surface area contributed by atoms with Crippen molar-refractivity contribution in [3.63, 3.8) is 0 Å². The highest BCUT2D eigenvalue weighted by Gasteiger charge is 2.11. The topological polar surface area (TPSA) is 25.8 Å². The van der Waals surface area contributed by atoms with Crippen LogP contribution in [0.2, 0.25) is 0 Å². The van der Waals surface area contributed by atoms with E-state index in [0.717, 1.165) is 11.1 Å². The molecule has 6 aromatic rings. The quantitative estimate of drug-likeness (QED) is 0.279. The molecule has 150 valence electrons. The highest BCUT2D eigenvalue weighted by molar-refractivity contribution is 6.25. The molecule has 0 atom stereocenters. The van der Waals surface area contributed by atoms with Crippen molar-refractivity contribution in [2.75, 3.05) is 0 Å². The van der Waals surface area contributed by atoms with Gasteiger partial charge in [0.05, 0.1) is 0 Å². The van der Waals surface area contributed by atoms with Gasteiger partial charge in [0.15, 0.2) is 0 Å². The van der Waals surface area contributed by atoms with E-state index in [0.29, 0.717) is 0 Å². The van der Waals surface area contributed by atoms with Crippen molar-refractivity contribution < 1.29 is 0 Å². The third kappa shape index (κ3) is 3.23. The van der Waals surface area contributed by atoms with E-state index >= 15 is 0 Å². The highest BCUT2D eigenvalue weighted by Crippen LogP contribution is 2.38. The van der Waals surface area contributed by atoms with Gasteiger partial charge < -0.3 is 0 Å². The molecule has 32 heavy (non-hydrogen) atoms. The van der Waals surface area contributed by atoms with E-state index in [2.05, 4.69) is 82.8 Å². The Bertz CT molecular complexity index is 1470. The van der Waals surface area contributed by atoms with Gasteiger partial charge >= 0.3 is 0 Å². The van der Waals surface area contributed by atoms with Crippen molar-refractivity contribution in [3.8, 4) is 0 Å². The molecule has 0 N–H and O–H groups in total. The average Bonchev–Trinajstić information content (AvgIpc) is 2.86. The standard InChI is InChI=1S/C30H20N2/c1(21-13-17-31-18-14-21)3-23-5-7-25-10-12-28-24(4-2-22-15-19-32-20-16-22)6-8-26-9-11-27(23)29(25)30(26)28/h1-20H/b3-1+,4-2+. The number of hydrogen-bond acceptors (Lipinski definition) is 2. The van der Waals surface area contributed by atoms with Crippen molar-refractivity contribution in [1.82, 2.24) is 9.97 Å². The summed E-state index contributed by atoms with van der Waals surface area (Å²) in [6.45, 7) is 0. The van der Waals surface area contributed by atoms with Crippen molar-refractivity contribution in [2.45, 2.75) is 0 Å². The predicted octanol–water partition coefficient (Wildman–Crippen LogP) is 7.71. The summed E-state index contributed by atoms with van der Waals surface area (Å²) >= 11 is 0. The summed E-state index contributed by atoms with van der Waals surface area (Å²) in [5.41, 5.74) is 4.74. The van der Waals surface area contributed by atoms with Gasteiger partial charge in [-0.25, -0.2) is 0 Å². The maximum absolute atomic E-state index is 4.11. The first kappa shape index (κ1) is 18.5. The molecule has 4 aromatic carbocycles. The molecule has 0 aliphatic carbocycles. The van der Waals surface area contributed by atoms with Crippen molar-refractivity contribution in [1.29, 1.82) is 0 Å². The van der Waals surface area contributed by atoms with Gasteiger partial charge in [0, 0.05) is 24.8 Å². The van der Waals surface area contributed by atoms with Gasteiger partial charge in [0.1, 0.15) is 0 Å². The second kappa shape index (κ2) is 7.75. The number of rotatable bonds is 4. The first-order valence-electron chi connectivity index (χ1n) is 10.7. The zero-order valence-electron chi connectivity index (χ0n) is 17.4. The molecule has 0 saturated heterocycles. The van der Waals surface area contributed by atoms with E-state index in [-0.39, 0.29) is 0 Å². The Hall–Kier alpha value is -4.30. The Kier molecular flexibility index (Phi) is 4.47. The van der Waals surface area contributed by atoms with E-state index in [1.54, 1.807) is 0 Å². The molecular weight excluding hydrogens is 388 g/mol. The fraction of sp³-hybridized carbons (Fsp3) is 0. The summed E-state index contributed by atoms with van der Waals surface area (Å²) in [7, 11) is 0. The first-order chi connectivity index (χ1) is 15.9. The molecule has 2 nitrogen and oxygen atoms in total. The zero-order valence-corrected chi connectivity index (χ0v) is 17.4. The molecule has 6 rings (SSSR count). The summed E-state index contributed by atoms with van der Waals surface area (Å²) in [6, 6.07) is 26.0. The minimum absolute atomic E-state index is 1.15. The van der Waals surface area contributed by atoms with Crippen LogP contribution in [-0.2, 0) is 0 Å². The second-order valence-electron chi connectivity index (χ2n) is 7.96. The summed E-state index contributed by atoms with van der Waals surface area (Å²) in [4.78, 5) is 8.21. The summed E-state index contributed by atoms with van der Waals surface area (Å²) < 4.78 is 0. The molecule has 0 radical (unpaired) electrons. The average molecular weight is 409 g/mol. The SMILES string of the molecule is C(=C\c1ccc2ccc3c(/C=C/c4ccncc4)ccc4ccc1c2c43)/c1ccncc1. The molecule has 0 aliphatic rings. The lowest BCUT2D eigenvalue weighted by atomic mass is 9.89. The molecule has 0 fully saturated rings. The van der Waals surface area contributed by atoms with Crippen molar-refractivity contribution in [2.24, 2.45) is 0 Å². The largest absolute Gasteiger partial charge is 0.265 e. The van der Waals surface area contributed by atoms with E-state index in [1.165, 1.54) is 43.4 Å². The van der Waals surface area contributed by atoms with Crippen LogP contribution in [-0.4, -0.2) is 9.97 Å². The van der Waals surface area contributed by atoms with Gasteiger partial charge in [-0.1, -0.05) is 72.8 Å². The van der Waals surface area contributed by atoms with E-state index in [9.17, 15) is 0 Å². The van der Waals surface area contributed by atoms with Crippen LogP contribution in [0.3, 0.4) is 0 Å². The summed E-state index contributed by atoms with van der Waals surface area (Å²) in [6.07, 6.45) is 16.0. The Morgan fingerprint density at radius 1 is 0.406 bits per heavy atom. The maximum atomic E-state index is 4.11. The summed E-state index contributed by atoms with van der Waals surface area (Å²) in [5.74, 6) is 0. The van der Waals surface area contributed by atoms with Crippen molar-refractivity contribution >= 4 is 56.6 Å². The number of benzene rings is 4. The number of hydrogen-bond donors (Lipinski definition) is 0. The lowest BCUT2D eigenvalue weighted by molar-refractivity contribution is 1.32. The lowest BCUT2D eigenvalue weighted by Crippen LogP contribution is -1.88. The molecule has 0 amide bonds. The maximum Gasteiger partial charge on any atom is 0.0273 e. The Balaban J connectivity index is 1.53. The Morgan fingerprint density at radius 3 is 1.25 bits per heavy atom. The molecule has 0 aliphatic heterocycles. The fourth-order valence-electron chi connectivity index (χ4n) is 4.46. The van der Waals surface area contributed by atoms with Crippen LogP contribution < -0.4 is 0 Å². The van der Waals surface area contributed by atoms with E-state index < -0.39 is 0 Å². The van der Waals surface area contributed by atoms with Crippen LogP contribution in [0.5, 0.6) is 0 Å². The smallest absolute Gasteiger partial charge is 0.0273 e. The molecule has 2 heterocycles. The minimum Gasteiger partial charge on any atom is -0.265 e. The predicted molar refractivity (Wildman–Crippen MR) is 136 cm³/mol. The van der Waals surface area contributed by atoms with Gasteiger partial charge in [-0.05, 0) is 78.8 Å². The zero-order chi connectivity index (χ0) is 21.3. The van der Waals surface area contributed by atoms with Crippen LogP contribution in [0.4, 0.5) is 0 Å². The third-order valence-corrected chi connectivity index (χ3v) is 6.05. The molecule has 0 unspecified atom stereocenters. The number of aromatic nitrogens is 2. The minimum atomic E-state index is 1.15.